The second kappa shape index (κ2) is 28.8. The molecule has 9 heterocycles. The van der Waals surface area contributed by atoms with E-state index in [4.69, 9.17) is 34.7 Å². The number of hydrogen-bond donors (Lipinski definition) is 5. The highest BCUT2D eigenvalue weighted by molar-refractivity contribution is 7.21. The van der Waals surface area contributed by atoms with Crippen molar-refractivity contribution in [2.24, 2.45) is 23.7 Å². The number of nitrogens with two attached hydrogens (primary N) is 2. The van der Waals surface area contributed by atoms with Crippen LogP contribution < -0.4 is 42.1 Å². The molecule has 0 radical (unpaired) electrons. The van der Waals surface area contributed by atoms with E-state index in [1.807, 2.05) is 64.1 Å². The number of amides is 3. The van der Waals surface area contributed by atoms with Gasteiger partial charge in [-0.2, -0.15) is 0 Å². The Kier molecular flexibility index (Phi) is 20.0. The number of aromatic nitrogens is 3. The van der Waals surface area contributed by atoms with Crippen LogP contribution in [0.4, 0.5) is 28.4 Å². The lowest BCUT2D eigenvalue weighted by molar-refractivity contribution is 0.0949. The van der Waals surface area contributed by atoms with Crippen molar-refractivity contribution in [3.05, 3.63) is 173 Å². The molecule has 6 aromatic heterocycles. The topological polar surface area (TPSA) is 188 Å². The van der Waals surface area contributed by atoms with Crippen LogP contribution >= 0.6 is 57.2 Å². The summed E-state index contributed by atoms with van der Waals surface area (Å²) in [6.45, 7) is 16.3. The van der Waals surface area contributed by atoms with Crippen molar-refractivity contribution in [1.82, 2.24) is 30.9 Å². The van der Waals surface area contributed by atoms with Gasteiger partial charge in [-0.15, -0.1) is 34.0 Å². The minimum absolute atomic E-state index is 0.0327. The molecule has 3 aliphatic heterocycles. The number of aryl methyl sites for hydroxylation is 4. The first-order valence-corrected chi connectivity index (χ1v) is 36.6. The number of halogens is 2. The Morgan fingerprint density at radius 3 is 1.52 bits per heavy atom. The molecule has 5 fully saturated rings. The van der Waals surface area contributed by atoms with Crippen molar-refractivity contribution in [3.63, 3.8) is 0 Å². The van der Waals surface area contributed by atoms with Gasteiger partial charge < -0.3 is 42.1 Å². The van der Waals surface area contributed by atoms with Crippen LogP contribution in [0.1, 0.15) is 126 Å². The van der Waals surface area contributed by atoms with E-state index < -0.39 is 0 Å². The monoisotopic (exact) mass is 1350 g/mol. The average molecular weight is 1350 g/mol. The van der Waals surface area contributed by atoms with E-state index in [9.17, 15) is 14.4 Å². The van der Waals surface area contributed by atoms with Gasteiger partial charge in [-0.3, -0.25) is 14.4 Å². The summed E-state index contributed by atoms with van der Waals surface area (Å²) in [5.74, 6) is 3.04. The Morgan fingerprint density at radius 1 is 0.479 bits per heavy atom. The third-order valence-electron chi connectivity index (χ3n) is 19.7. The van der Waals surface area contributed by atoms with Gasteiger partial charge >= 0.3 is 0 Å². The van der Waals surface area contributed by atoms with Gasteiger partial charge in [-0.05, 0) is 223 Å². The predicted molar refractivity (Wildman–Crippen MR) is 394 cm³/mol. The van der Waals surface area contributed by atoms with E-state index in [1.165, 1.54) is 120 Å². The van der Waals surface area contributed by atoms with Gasteiger partial charge in [0.2, 0.25) is 0 Å². The van der Waals surface area contributed by atoms with Crippen LogP contribution in [0, 0.1) is 51.4 Å². The molecule has 2 aliphatic carbocycles. The van der Waals surface area contributed by atoms with Gasteiger partial charge in [0.05, 0.1) is 27.0 Å². The number of nitrogen functional groups attached to an aromatic ring is 2. The van der Waals surface area contributed by atoms with Crippen LogP contribution in [0.25, 0.3) is 41.4 Å². The molecule has 4 aromatic carbocycles. The molecule has 0 spiro atoms. The number of nitrogens with zero attached hydrogens (tertiary/aromatic N) is 6. The number of rotatable bonds is 15. The predicted octanol–water partition coefficient (Wildman–Crippen LogP) is 16.1. The van der Waals surface area contributed by atoms with Crippen molar-refractivity contribution in [2.45, 2.75) is 105 Å². The number of nitrogens with one attached hydrogen (secondary N) is 3. The molecule has 14 nitrogen and oxygen atoms in total. The van der Waals surface area contributed by atoms with Crippen LogP contribution in [-0.2, 0) is 19.3 Å². The number of piperidine rings is 3. The molecular weight excluding hydrogens is 1270 g/mol. The molecule has 4 bridgehead atoms. The number of carbonyl (C=O) groups excluding carboxylic acids is 3. The van der Waals surface area contributed by atoms with Gasteiger partial charge in [0.25, 0.3) is 17.7 Å². The lowest BCUT2D eigenvalue weighted by Crippen LogP contribution is -2.36. The van der Waals surface area contributed by atoms with E-state index in [-0.39, 0.29) is 17.7 Å². The molecule has 2 saturated carbocycles. The number of pyridine rings is 3. The molecular formula is C75H83Cl2N11O3S3. The summed E-state index contributed by atoms with van der Waals surface area (Å²) in [7, 11) is 0. The molecule has 94 heavy (non-hydrogen) atoms. The maximum absolute atomic E-state index is 12.8. The standard InChI is InChI=1S/C26H28N4OS.C25H28ClN3OS.C24H27ClN4OS/c1-17-9-11-21-23(27)24(32-26(21)29-17)25(31)28-14-13-18-10-12-22(30-15-5-2-6-16-30)20-8-4-3-7-19(18)20;1-15-3-8-21-16(2)23(31-25(21)28-15)24(30)27-10-9-19-6-7-20(12-22(19)26)29-13-17-4-5-18(11-17)14-29;1-14-2-6-18-21(26)22(31-24(18)28-14)23(30)27-9-8-15-5-7-20(19(25)11-15)29-12-16-3-4-17(10-16)13-29/h3-4,7-12H,2,5-6,13-16,27H2,1H3,(H,28,31);3,6-8,12,17-18H,4-5,9-11,13-14H2,1-2H3,(H,27,30);2,5-7,11,16-17H,3-4,8-10,12-13,26H2,1H3,(H,27,30). The van der Waals surface area contributed by atoms with Gasteiger partial charge in [0, 0.05) is 114 Å². The second-order valence-corrected chi connectivity index (χ2v) is 30.3. The lowest BCUT2D eigenvalue weighted by atomic mass is 9.98. The first-order chi connectivity index (χ1) is 45.6. The molecule has 4 atom stereocenters. The third-order valence-corrected chi connectivity index (χ3v) is 23.8. The molecule has 10 aromatic rings. The van der Waals surface area contributed by atoms with Gasteiger partial charge in [0.1, 0.15) is 24.2 Å². The Balaban J connectivity index is 0.000000128. The number of fused-ring (bicyclic) bond motifs is 8. The summed E-state index contributed by atoms with van der Waals surface area (Å²) >= 11 is 17.4. The summed E-state index contributed by atoms with van der Waals surface area (Å²) in [5, 5.41) is 16.0. The third kappa shape index (κ3) is 14.5. The number of anilines is 5. The highest BCUT2D eigenvalue weighted by atomic mass is 35.5. The van der Waals surface area contributed by atoms with E-state index in [0.717, 1.165) is 167 Å². The zero-order valence-corrected chi connectivity index (χ0v) is 58.1. The largest absolute Gasteiger partial charge is 0.397 e. The van der Waals surface area contributed by atoms with Crippen molar-refractivity contribution in [3.8, 4) is 0 Å². The average Bonchev–Trinajstić information content (AvgIpc) is 1.77. The van der Waals surface area contributed by atoms with E-state index in [2.05, 4.69) is 118 Å². The van der Waals surface area contributed by atoms with Crippen LogP contribution in [0.2, 0.25) is 10.0 Å². The first kappa shape index (κ1) is 65.1. The SMILES string of the molecule is Cc1ccc2c(C)c(C(=O)NCCc3ccc(N4CC5CCC(C5)C4)cc3Cl)sc2n1.Cc1ccc2c(N)c(C(=O)NCCc3ccc(N4CC5CCC(C5)C4)c(Cl)c3)sc2n1.Cc1ccc2c(N)c(C(=O)NCCc3ccc(N4CCCCC4)c4ccccc34)sc2n1. The fraction of sp³-hybridized carbons (Fsp3) is 0.387. The molecule has 3 saturated heterocycles. The molecule has 15 rings (SSSR count). The van der Waals surface area contributed by atoms with Crippen LogP contribution in [-0.4, -0.2) is 91.6 Å². The molecule has 5 aliphatic rings. The quantitative estimate of drug-likeness (QED) is 0.0657. The Labute approximate surface area is 572 Å². The maximum atomic E-state index is 12.8. The number of carbonyl (C=O) groups is 3. The lowest BCUT2D eigenvalue weighted by Gasteiger charge is -2.34. The summed E-state index contributed by atoms with van der Waals surface area (Å²) < 4.78 is 0. The normalized spacial score (nSPS) is 18.3. The first-order valence-electron chi connectivity index (χ1n) is 33.4. The zero-order chi connectivity index (χ0) is 65.1. The Hall–Kier alpha value is -7.54. The fourth-order valence-electron chi connectivity index (χ4n) is 14.8. The highest BCUT2D eigenvalue weighted by Gasteiger charge is 2.35. The molecule has 4 unspecified atom stereocenters. The molecule has 488 valence electrons. The van der Waals surface area contributed by atoms with E-state index >= 15 is 0 Å². The zero-order valence-electron chi connectivity index (χ0n) is 54.1. The number of thiophene rings is 3. The second-order valence-electron chi connectivity index (χ2n) is 26.5. The summed E-state index contributed by atoms with van der Waals surface area (Å²) in [6, 6.07) is 37.6. The summed E-state index contributed by atoms with van der Waals surface area (Å²) in [4.78, 5) is 63.6. The Bertz CT molecular complexity index is 4440. The van der Waals surface area contributed by atoms with Crippen molar-refractivity contribution in [1.29, 1.82) is 0 Å². The van der Waals surface area contributed by atoms with Gasteiger partial charge in [-0.1, -0.05) is 65.7 Å². The van der Waals surface area contributed by atoms with Gasteiger partial charge in [0.15, 0.2) is 0 Å². The Morgan fingerprint density at radius 2 is 0.957 bits per heavy atom. The highest BCUT2D eigenvalue weighted by Crippen LogP contribution is 2.42. The van der Waals surface area contributed by atoms with Crippen molar-refractivity contribution in [2.75, 3.05) is 85.1 Å². The fourth-order valence-corrected chi connectivity index (χ4v) is 18.6. The summed E-state index contributed by atoms with van der Waals surface area (Å²) in [5.41, 5.74) is 24.4. The number of benzene rings is 4. The minimum atomic E-state index is -0.148. The molecule has 7 N–H and O–H groups in total. The van der Waals surface area contributed by atoms with Crippen LogP contribution in [0.15, 0.2) is 109 Å². The smallest absolute Gasteiger partial charge is 0.263 e. The molecule has 3 amide bonds. The van der Waals surface area contributed by atoms with Gasteiger partial charge in [-0.25, -0.2) is 15.0 Å². The molecule has 19 heteroatoms. The van der Waals surface area contributed by atoms with Crippen LogP contribution in [0.5, 0.6) is 0 Å². The van der Waals surface area contributed by atoms with E-state index in [1.54, 1.807) is 0 Å². The summed E-state index contributed by atoms with van der Waals surface area (Å²) in [6.07, 6.45) is 14.3. The maximum Gasteiger partial charge on any atom is 0.263 e. The van der Waals surface area contributed by atoms with E-state index in [0.29, 0.717) is 40.8 Å². The van der Waals surface area contributed by atoms with Crippen LogP contribution in [0.3, 0.4) is 0 Å². The minimum Gasteiger partial charge on any atom is -0.397 e. The van der Waals surface area contributed by atoms with Crippen molar-refractivity contribution >= 4 is 145 Å². The van der Waals surface area contributed by atoms with Crippen molar-refractivity contribution < 1.29 is 14.4 Å². The number of hydrogen-bond acceptors (Lipinski definition) is 14.